The number of nitrogens with one attached hydrogen (secondary N) is 2. The summed E-state index contributed by atoms with van der Waals surface area (Å²) in [6.45, 7) is 1.93. The third kappa shape index (κ3) is 6.50. The molecule has 0 spiro atoms. The highest BCUT2D eigenvalue weighted by Gasteiger charge is 2.25. The van der Waals surface area contributed by atoms with Crippen LogP contribution in [-0.2, 0) is 4.74 Å². The lowest BCUT2D eigenvalue weighted by molar-refractivity contribution is 0.0262. The molecule has 2 N–H and O–H groups in total. The van der Waals surface area contributed by atoms with E-state index in [1.807, 2.05) is 61.5 Å². The van der Waals surface area contributed by atoms with Gasteiger partial charge in [0.1, 0.15) is 17.6 Å². The summed E-state index contributed by atoms with van der Waals surface area (Å²) in [6.07, 6.45) is -0.615. The Morgan fingerprint density at radius 3 is 1.97 bits per heavy atom. The molecule has 4 aromatic rings. The maximum Gasteiger partial charge on any atom is 0.338 e. The number of methoxy groups -OCH3 is 2. The predicted octanol–water partition coefficient (Wildman–Crippen LogP) is 6.35. The molecule has 4 rings (SSSR count). The van der Waals surface area contributed by atoms with Gasteiger partial charge in [0.25, 0.3) is 5.91 Å². The van der Waals surface area contributed by atoms with E-state index in [9.17, 15) is 9.59 Å². The highest BCUT2D eigenvalue weighted by molar-refractivity contribution is 6.04. The van der Waals surface area contributed by atoms with Crippen LogP contribution >= 0.6 is 0 Å². The molecule has 0 saturated heterocycles. The highest BCUT2D eigenvalue weighted by atomic mass is 16.5. The first kappa shape index (κ1) is 26.3. The van der Waals surface area contributed by atoms with Crippen LogP contribution in [0.1, 0.15) is 39.3 Å². The molecule has 0 radical (unpaired) electrons. The van der Waals surface area contributed by atoms with Crippen molar-refractivity contribution in [1.29, 1.82) is 0 Å². The molecule has 2 atom stereocenters. The van der Waals surface area contributed by atoms with E-state index in [-0.39, 0.29) is 11.9 Å². The van der Waals surface area contributed by atoms with E-state index in [0.29, 0.717) is 34.0 Å². The van der Waals surface area contributed by atoms with Gasteiger partial charge in [-0.3, -0.25) is 4.79 Å². The van der Waals surface area contributed by atoms with Gasteiger partial charge in [-0.1, -0.05) is 48.5 Å². The minimum Gasteiger partial charge on any atom is -0.497 e. The maximum atomic E-state index is 13.0. The molecule has 7 heteroatoms. The van der Waals surface area contributed by atoms with Crippen molar-refractivity contribution in [2.45, 2.75) is 19.1 Å². The predicted molar refractivity (Wildman–Crippen MR) is 148 cm³/mol. The summed E-state index contributed by atoms with van der Waals surface area (Å²) in [4.78, 5) is 25.5. The molecule has 0 aliphatic carbocycles. The Kier molecular flexibility index (Phi) is 8.61. The van der Waals surface area contributed by atoms with Gasteiger partial charge in [-0.15, -0.1) is 0 Å². The zero-order valence-electron chi connectivity index (χ0n) is 21.5. The SMILES string of the molecule is COc1ccc([C@@H](OC(=O)c2ccccc2)[C@@H](C)Nc2ccc(NC(=O)c3ccccc3)cc2OC)cc1. The van der Waals surface area contributed by atoms with E-state index in [2.05, 4.69) is 10.6 Å². The summed E-state index contributed by atoms with van der Waals surface area (Å²) in [5.41, 5.74) is 3.11. The van der Waals surface area contributed by atoms with Gasteiger partial charge in [0, 0.05) is 17.3 Å². The Balaban J connectivity index is 1.55. The Morgan fingerprint density at radius 1 is 0.737 bits per heavy atom. The van der Waals surface area contributed by atoms with Gasteiger partial charge in [0.2, 0.25) is 0 Å². The molecule has 0 saturated carbocycles. The average Bonchev–Trinajstić information content (AvgIpc) is 2.97. The van der Waals surface area contributed by atoms with E-state index in [1.54, 1.807) is 62.8 Å². The Hall–Kier alpha value is -4.78. The van der Waals surface area contributed by atoms with Gasteiger partial charge in [-0.25, -0.2) is 4.79 Å². The van der Waals surface area contributed by atoms with Crippen LogP contribution in [0, 0.1) is 0 Å². The second-order valence-electron chi connectivity index (χ2n) is 8.63. The topological polar surface area (TPSA) is 85.9 Å². The number of carbonyl (C=O) groups excluding carboxylic acids is 2. The third-order valence-corrected chi connectivity index (χ3v) is 6.02. The number of hydrogen-bond donors (Lipinski definition) is 2. The van der Waals surface area contributed by atoms with Crippen LogP contribution in [0.25, 0.3) is 0 Å². The first-order valence-corrected chi connectivity index (χ1v) is 12.2. The molecular weight excluding hydrogens is 480 g/mol. The third-order valence-electron chi connectivity index (χ3n) is 6.02. The first-order valence-electron chi connectivity index (χ1n) is 12.2. The molecule has 4 aromatic carbocycles. The quantitative estimate of drug-likeness (QED) is 0.242. The number of esters is 1. The molecule has 0 unspecified atom stereocenters. The summed E-state index contributed by atoms with van der Waals surface area (Å²) >= 11 is 0. The number of benzene rings is 4. The fourth-order valence-corrected chi connectivity index (χ4v) is 4.01. The summed E-state index contributed by atoms with van der Waals surface area (Å²) in [5.74, 6) is 0.600. The summed E-state index contributed by atoms with van der Waals surface area (Å²) in [7, 11) is 3.16. The van der Waals surface area contributed by atoms with Crippen LogP contribution in [-0.4, -0.2) is 32.1 Å². The van der Waals surface area contributed by atoms with E-state index in [1.165, 1.54) is 0 Å². The molecular formula is C31H30N2O5. The minimum atomic E-state index is -0.615. The standard InChI is InChI=1S/C31H30N2O5/c1-21(29(22-14-17-26(36-2)18-15-22)38-31(35)24-12-8-5-9-13-24)32-27-19-16-25(20-28(27)37-3)33-30(34)23-10-6-4-7-11-23/h4-21,29,32H,1-3H3,(H,33,34)/t21-,29+/m1/s1. The van der Waals surface area contributed by atoms with Crippen molar-refractivity contribution in [2.75, 3.05) is 24.9 Å². The average molecular weight is 511 g/mol. The molecule has 38 heavy (non-hydrogen) atoms. The fourth-order valence-electron chi connectivity index (χ4n) is 4.01. The van der Waals surface area contributed by atoms with E-state index >= 15 is 0 Å². The summed E-state index contributed by atoms with van der Waals surface area (Å²) in [6, 6.07) is 30.3. The number of hydrogen-bond acceptors (Lipinski definition) is 6. The monoisotopic (exact) mass is 510 g/mol. The van der Waals surface area contributed by atoms with Gasteiger partial charge in [0.15, 0.2) is 0 Å². The number of carbonyl (C=O) groups is 2. The van der Waals surface area contributed by atoms with E-state index < -0.39 is 12.1 Å². The zero-order chi connectivity index (χ0) is 26.9. The highest BCUT2D eigenvalue weighted by Crippen LogP contribution is 2.32. The Bertz CT molecular complexity index is 1360. The summed E-state index contributed by atoms with van der Waals surface area (Å²) < 4.78 is 16.9. The van der Waals surface area contributed by atoms with Crippen LogP contribution in [0.3, 0.4) is 0 Å². The van der Waals surface area contributed by atoms with Crippen molar-refractivity contribution in [3.63, 3.8) is 0 Å². The van der Waals surface area contributed by atoms with Crippen molar-refractivity contribution in [3.8, 4) is 11.5 Å². The smallest absolute Gasteiger partial charge is 0.338 e. The lowest BCUT2D eigenvalue weighted by Gasteiger charge is -2.27. The van der Waals surface area contributed by atoms with Gasteiger partial charge >= 0.3 is 5.97 Å². The molecule has 0 heterocycles. The molecule has 194 valence electrons. The van der Waals surface area contributed by atoms with Crippen LogP contribution in [0.15, 0.2) is 103 Å². The van der Waals surface area contributed by atoms with Crippen LogP contribution in [0.4, 0.5) is 11.4 Å². The van der Waals surface area contributed by atoms with Crippen LogP contribution in [0.2, 0.25) is 0 Å². The molecule has 0 bridgehead atoms. The van der Waals surface area contributed by atoms with Crippen molar-refractivity contribution in [3.05, 3.63) is 120 Å². The van der Waals surface area contributed by atoms with Crippen LogP contribution < -0.4 is 20.1 Å². The minimum absolute atomic E-state index is 0.214. The molecule has 0 fully saturated rings. The number of rotatable bonds is 10. The fraction of sp³-hybridized carbons (Fsp3) is 0.161. The number of amides is 1. The Morgan fingerprint density at radius 2 is 1.37 bits per heavy atom. The van der Waals surface area contributed by atoms with Crippen LogP contribution in [0.5, 0.6) is 11.5 Å². The van der Waals surface area contributed by atoms with Gasteiger partial charge < -0.3 is 24.8 Å². The molecule has 0 aromatic heterocycles. The zero-order valence-corrected chi connectivity index (χ0v) is 21.5. The van der Waals surface area contributed by atoms with E-state index in [0.717, 1.165) is 5.56 Å². The van der Waals surface area contributed by atoms with Gasteiger partial charge in [-0.2, -0.15) is 0 Å². The second-order valence-corrected chi connectivity index (χ2v) is 8.63. The second kappa shape index (κ2) is 12.5. The molecule has 0 aliphatic rings. The maximum absolute atomic E-state index is 13.0. The molecule has 0 aliphatic heterocycles. The lowest BCUT2D eigenvalue weighted by atomic mass is 10.0. The van der Waals surface area contributed by atoms with Crippen molar-refractivity contribution in [2.24, 2.45) is 0 Å². The van der Waals surface area contributed by atoms with E-state index in [4.69, 9.17) is 14.2 Å². The van der Waals surface area contributed by atoms with Crippen molar-refractivity contribution >= 4 is 23.3 Å². The molecule has 7 nitrogen and oxygen atoms in total. The van der Waals surface area contributed by atoms with Crippen molar-refractivity contribution in [1.82, 2.24) is 0 Å². The largest absolute Gasteiger partial charge is 0.497 e. The van der Waals surface area contributed by atoms with Gasteiger partial charge in [0.05, 0.1) is 31.5 Å². The first-order chi connectivity index (χ1) is 18.5. The molecule has 1 amide bonds. The number of ether oxygens (including phenoxy) is 3. The Labute approximate surface area is 222 Å². The lowest BCUT2D eigenvalue weighted by Crippen LogP contribution is -2.28. The summed E-state index contributed by atoms with van der Waals surface area (Å²) in [5, 5.41) is 6.30. The normalized spacial score (nSPS) is 12.1. The van der Waals surface area contributed by atoms with Gasteiger partial charge in [-0.05, 0) is 61.0 Å². The van der Waals surface area contributed by atoms with Crippen molar-refractivity contribution < 1.29 is 23.8 Å². The number of anilines is 2.